The van der Waals surface area contributed by atoms with Crippen LogP contribution in [0.4, 0.5) is 0 Å². The van der Waals surface area contributed by atoms with Crippen LogP contribution in [0.15, 0.2) is 0 Å². The van der Waals surface area contributed by atoms with Crippen molar-refractivity contribution in [3.63, 3.8) is 0 Å². The molecule has 0 spiro atoms. The van der Waals surface area contributed by atoms with Gasteiger partial charge in [-0.15, -0.1) is 0 Å². The molecule has 0 aliphatic heterocycles. The second kappa shape index (κ2) is 24.7. The summed E-state index contributed by atoms with van der Waals surface area (Å²) in [5, 5.41) is 0. The maximum atomic E-state index is 9.44. The molecule has 0 heterocycles. The van der Waals surface area contributed by atoms with Crippen molar-refractivity contribution in [2.75, 3.05) is 0 Å². The van der Waals surface area contributed by atoms with Gasteiger partial charge >= 0.3 is 0 Å². The molecule has 4 nitrogen and oxygen atoms in total. The first-order valence-electron chi connectivity index (χ1n) is 4.82. The smallest absolute Gasteiger partial charge is 0.126 e. The van der Waals surface area contributed by atoms with Crippen molar-refractivity contribution in [1.29, 1.82) is 0 Å². The van der Waals surface area contributed by atoms with Gasteiger partial charge in [-0.05, 0) is 55.4 Å². The van der Waals surface area contributed by atoms with E-state index in [4.69, 9.17) is 0 Å². The van der Waals surface area contributed by atoms with Crippen LogP contribution in [0.3, 0.4) is 0 Å². The van der Waals surface area contributed by atoms with Crippen LogP contribution in [0.5, 0.6) is 0 Å². The van der Waals surface area contributed by atoms with E-state index >= 15 is 0 Å². The van der Waals surface area contributed by atoms with Crippen LogP contribution >= 0.6 is 0 Å². The Hall–Kier alpha value is -0.450. The molecule has 0 aromatic carbocycles. The second-order valence-corrected chi connectivity index (χ2v) is 3.63. The summed E-state index contributed by atoms with van der Waals surface area (Å²) in [4.78, 5) is 37.8. The zero-order valence-electron chi connectivity index (χ0n) is 12.1. The molecule has 0 radical (unpaired) electrons. The quantitative estimate of drug-likeness (QED) is 0.575. The fourth-order valence-corrected chi connectivity index (χ4v) is 0. The van der Waals surface area contributed by atoms with Crippen LogP contribution in [0, 0.1) is 0 Å². The average molecular weight is 411 g/mol. The molecule has 0 aromatic heterocycles. The summed E-state index contributed by atoms with van der Waals surface area (Å²) < 4.78 is 0. The first-order chi connectivity index (χ1) is 6.93. The Morgan fingerprint density at radius 1 is 0.412 bits per heavy atom. The molecule has 0 saturated carbocycles. The first-order valence-corrected chi connectivity index (χ1v) is 4.82. The fourth-order valence-electron chi connectivity index (χ4n) is 0. The molecule has 5 heteroatoms. The molecular weight excluding hydrogens is 387 g/mol. The number of hydrogen-bond donors (Lipinski definition) is 0. The summed E-state index contributed by atoms with van der Waals surface area (Å²) in [6.07, 6.45) is 0. The maximum Gasteiger partial charge on any atom is 0.126 e. The van der Waals surface area contributed by atoms with E-state index in [9.17, 15) is 19.2 Å². The van der Waals surface area contributed by atoms with Gasteiger partial charge in [0.25, 0.3) is 0 Å². The predicted molar refractivity (Wildman–Crippen MR) is 65.4 cm³/mol. The number of Topliss-reactive ketones (excluding diaryl/α,β-unsaturated/α-hetero) is 4. The van der Waals surface area contributed by atoms with E-state index < -0.39 is 0 Å². The predicted octanol–water partition coefficient (Wildman–Crippen LogP) is 2.38. The summed E-state index contributed by atoms with van der Waals surface area (Å²) in [7, 11) is 0. The number of carbonyl (C=O) groups excluding carboxylic acids is 4. The van der Waals surface area contributed by atoms with E-state index in [0.717, 1.165) is 0 Å². The minimum Gasteiger partial charge on any atom is -0.300 e. The molecule has 0 N–H and O–H groups in total. The molecule has 0 saturated heterocycles. The zero-order valence-corrected chi connectivity index (χ0v) is 15.7. The third-order valence-corrected chi connectivity index (χ3v) is 0. The van der Waals surface area contributed by atoms with Crippen LogP contribution in [0.25, 0.3) is 0 Å². The van der Waals surface area contributed by atoms with Crippen LogP contribution in [0.1, 0.15) is 55.4 Å². The van der Waals surface area contributed by atoms with Crippen molar-refractivity contribution in [1.82, 2.24) is 0 Å². The number of ketones is 4. The molecule has 0 rings (SSSR count). The van der Waals surface area contributed by atoms with Crippen LogP contribution < -0.4 is 0 Å². The van der Waals surface area contributed by atoms with Gasteiger partial charge in [0.05, 0.1) is 0 Å². The van der Waals surface area contributed by atoms with E-state index in [1.165, 1.54) is 55.4 Å². The molecule has 0 unspecified atom stereocenters. The molecule has 0 atom stereocenters. The maximum absolute atomic E-state index is 9.44. The van der Waals surface area contributed by atoms with Crippen molar-refractivity contribution < 1.29 is 45.0 Å². The Kier molecular flexibility index (Phi) is 43.5. The number of hydrogen-bond acceptors (Lipinski definition) is 4. The topological polar surface area (TPSA) is 68.3 Å². The Bertz CT molecular complexity index is 159. The average Bonchev–Trinajstić information content (AvgIpc) is 1.76. The Balaban J connectivity index is -0.0000000369. The van der Waals surface area contributed by atoms with Gasteiger partial charge in [0, 0.05) is 25.8 Å². The van der Waals surface area contributed by atoms with Gasteiger partial charge in [-0.25, -0.2) is 0 Å². The van der Waals surface area contributed by atoms with Crippen molar-refractivity contribution >= 4 is 23.1 Å². The first kappa shape index (κ1) is 30.0. The molecule has 0 bridgehead atoms. The standard InChI is InChI=1S/4C3H6O.Hf/c4*1-3(2)4;/h4*1-2H3;. The van der Waals surface area contributed by atoms with E-state index in [1.807, 2.05) is 0 Å². The van der Waals surface area contributed by atoms with E-state index in [-0.39, 0.29) is 49.0 Å². The van der Waals surface area contributed by atoms with Crippen LogP contribution in [-0.2, 0) is 45.0 Å². The minimum absolute atomic E-state index is 0. The third kappa shape index (κ3) is 14100. The number of rotatable bonds is 0. The minimum atomic E-state index is 0. The molecule has 0 aromatic rings. The van der Waals surface area contributed by atoms with Gasteiger partial charge in [0.1, 0.15) is 23.1 Å². The fraction of sp³-hybridized carbons (Fsp3) is 0.667. The van der Waals surface area contributed by atoms with Crippen molar-refractivity contribution in [2.45, 2.75) is 55.4 Å². The molecule has 0 fully saturated rings. The van der Waals surface area contributed by atoms with Gasteiger partial charge in [-0.3, -0.25) is 0 Å². The SMILES string of the molecule is CC(C)=O.CC(C)=O.CC(C)=O.CC(C)=O.[Hf]. The van der Waals surface area contributed by atoms with Crippen molar-refractivity contribution in [3.8, 4) is 0 Å². The number of carbonyl (C=O) groups is 4. The molecule has 0 aliphatic rings. The van der Waals surface area contributed by atoms with E-state index in [0.29, 0.717) is 0 Å². The third-order valence-electron chi connectivity index (χ3n) is 0. The monoisotopic (exact) mass is 412 g/mol. The second-order valence-electron chi connectivity index (χ2n) is 3.63. The van der Waals surface area contributed by atoms with Crippen molar-refractivity contribution in [3.05, 3.63) is 0 Å². The summed E-state index contributed by atoms with van der Waals surface area (Å²) in [6, 6.07) is 0. The van der Waals surface area contributed by atoms with Gasteiger partial charge in [0.2, 0.25) is 0 Å². The summed E-state index contributed by atoms with van der Waals surface area (Å²) >= 11 is 0. The summed E-state index contributed by atoms with van der Waals surface area (Å²) in [5.41, 5.74) is 0. The summed E-state index contributed by atoms with van der Waals surface area (Å²) in [5.74, 6) is 0.667. The largest absolute Gasteiger partial charge is 0.300 e. The normalized spacial score (nSPS) is 6.12. The van der Waals surface area contributed by atoms with Gasteiger partial charge < -0.3 is 19.2 Å². The summed E-state index contributed by atoms with van der Waals surface area (Å²) in [6.45, 7) is 12.2. The Labute approximate surface area is 123 Å². The Morgan fingerprint density at radius 2 is 0.412 bits per heavy atom. The van der Waals surface area contributed by atoms with Crippen molar-refractivity contribution in [2.24, 2.45) is 0 Å². The molecule has 17 heavy (non-hydrogen) atoms. The molecular formula is C12H24HfO4. The Morgan fingerprint density at radius 3 is 0.412 bits per heavy atom. The van der Waals surface area contributed by atoms with E-state index in [1.54, 1.807) is 0 Å². The molecule has 0 aliphatic carbocycles. The van der Waals surface area contributed by atoms with E-state index in [2.05, 4.69) is 0 Å². The zero-order chi connectivity index (χ0) is 14.3. The molecule has 0 amide bonds. The van der Waals surface area contributed by atoms with Gasteiger partial charge in [-0.1, -0.05) is 0 Å². The van der Waals surface area contributed by atoms with Crippen LogP contribution in [-0.4, -0.2) is 23.1 Å². The van der Waals surface area contributed by atoms with Gasteiger partial charge in [-0.2, -0.15) is 0 Å². The molecule has 100 valence electrons. The van der Waals surface area contributed by atoms with Gasteiger partial charge in [0.15, 0.2) is 0 Å². The van der Waals surface area contributed by atoms with Crippen LogP contribution in [0.2, 0.25) is 0 Å².